The van der Waals surface area contributed by atoms with Crippen molar-refractivity contribution < 1.29 is 4.39 Å². The van der Waals surface area contributed by atoms with Crippen LogP contribution in [-0.4, -0.2) is 54.0 Å². The number of aromatic nitrogens is 2. The number of nitrogens with one attached hydrogen (secondary N) is 1. The van der Waals surface area contributed by atoms with Crippen LogP contribution in [0.5, 0.6) is 0 Å². The second kappa shape index (κ2) is 9.57. The molecule has 0 saturated heterocycles. The summed E-state index contributed by atoms with van der Waals surface area (Å²) in [6.07, 6.45) is 1.04. The largest absolute Gasteiger partial charge is 0.369 e. The zero-order chi connectivity index (χ0) is 19.9. The molecule has 0 bridgehead atoms. The Morgan fingerprint density at radius 1 is 0.964 bits per heavy atom. The molecule has 0 radical (unpaired) electrons. The predicted molar refractivity (Wildman–Crippen MR) is 113 cm³/mol. The number of halogens is 1. The fourth-order valence-corrected chi connectivity index (χ4v) is 3.18. The van der Waals surface area contributed by atoms with Gasteiger partial charge < -0.3 is 10.2 Å². The summed E-state index contributed by atoms with van der Waals surface area (Å²) < 4.78 is 13.4. The zero-order valence-corrected chi connectivity index (χ0v) is 16.8. The number of para-hydroxylation sites is 1. The molecule has 1 N–H and O–H groups in total. The molecule has 28 heavy (non-hydrogen) atoms. The highest BCUT2D eigenvalue weighted by molar-refractivity contribution is 5.88. The van der Waals surface area contributed by atoms with Crippen LogP contribution in [-0.2, 0) is 13.1 Å². The maximum atomic E-state index is 13.4. The first-order valence-electron chi connectivity index (χ1n) is 9.58. The van der Waals surface area contributed by atoms with Crippen LogP contribution in [0.4, 0.5) is 10.2 Å². The van der Waals surface area contributed by atoms with Crippen LogP contribution >= 0.6 is 0 Å². The third kappa shape index (κ3) is 5.71. The van der Waals surface area contributed by atoms with Gasteiger partial charge in [-0.05, 0) is 63.9 Å². The molecule has 0 aliphatic rings. The lowest BCUT2D eigenvalue weighted by Crippen LogP contribution is -2.20. The first kappa shape index (κ1) is 20.2. The normalized spacial score (nSPS) is 11.5. The van der Waals surface area contributed by atoms with E-state index in [1.807, 2.05) is 37.4 Å². The highest BCUT2D eigenvalue weighted by Crippen LogP contribution is 2.21. The van der Waals surface area contributed by atoms with Crippen LogP contribution in [0.1, 0.15) is 17.8 Å². The molecule has 0 fully saturated rings. The summed E-state index contributed by atoms with van der Waals surface area (Å²) in [5.74, 6) is 1.42. The molecule has 0 saturated carbocycles. The van der Waals surface area contributed by atoms with Crippen molar-refractivity contribution in [2.24, 2.45) is 0 Å². The van der Waals surface area contributed by atoms with Gasteiger partial charge in [-0.25, -0.2) is 14.4 Å². The van der Waals surface area contributed by atoms with E-state index in [4.69, 9.17) is 9.97 Å². The van der Waals surface area contributed by atoms with Crippen LogP contribution in [0.2, 0.25) is 0 Å². The lowest BCUT2D eigenvalue weighted by molar-refractivity contribution is 0.310. The Balaban J connectivity index is 1.73. The lowest BCUT2D eigenvalue weighted by atomic mass is 10.2. The highest BCUT2D eigenvalue weighted by atomic mass is 19.1. The molecule has 0 aliphatic heterocycles. The van der Waals surface area contributed by atoms with Gasteiger partial charge in [0.2, 0.25) is 0 Å². The maximum Gasteiger partial charge on any atom is 0.145 e. The Hall–Kier alpha value is -2.57. The number of rotatable bonds is 9. The smallest absolute Gasteiger partial charge is 0.145 e. The summed E-state index contributed by atoms with van der Waals surface area (Å²) in [6, 6.07) is 14.7. The number of nitrogens with zero attached hydrogens (tertiary/aromatic N) is 4. The van der Waals surface area contributed by atoms with Crippen molar-refractivity contribution >= 4 is 16.7 Å². The second-order valence-electron chi connectivity index (χ2n) is 7.39. The van der Waals surface area contributed by atoms with E-state index in [1.165, 1.54) is 6.07 Å². The van der Waals surface area contributed by atoms with Gasteiger partial charge in [0.25, 0.3) is 0 Å². The van der Waals surface area contributed by atoms with E-state index in [0.717, 1.165) is 47.6 Å². The van der Waals surface area contributed by atoms with Crippen molar-refractivity contribution in [3.05, 3.63) is 65.7 Å². The Labute approximate surface area is 166 Å². The van der Waals surface area contributed by atoms with E-state index < -0.39 is 0 Å². The van der Waals surface area contributed by atoms with Gasteiger partial charge in [0.15, 0.2) is 0 Å². The summed E-state index contributed by atoms with van der Waals surface area (Å²) in [7, 11) is 6.15. The van der Waals surface area contributed by atoms with E-state index in [0.29, 0.717) is 13.1 Å². The van der Waals surface area contributed by atoms with Crippen LogP contribution in [0.25, 0.3) is 10.9 Å². The van der Waals surface area contributed by atoms with Crippen molar-refractivity contribution in [1.82, 2.24) is 19.8 Å². The molecule has 3 rings (SSSR count). The highest BCUT2D eigenvalue weighted by Gasteiger charge is 2.10. The third-order valence-electron chi connectivity index (χ3n) is 4.48. The van der Waals surface area contributed by atoms with Gasteiger partial charge in [-0.3, -0.25) is 4.90 Å². The minimum atomic E-state index is -0.211. The molecular formula is C22H28FN5. The Bertz CT molecular complexity index is 912. The molecule has 0 atom stereocenters. The van der Waals surface area contributed by atoms with E-state index in [1.54, 1.807) is 12.1 Å². The number of anilines is 1. The number of hydrogen-bond donors (Lipinski definition) is 1. The molecule has 0 unspecified atom stereocenters. The van der Waals surface area contributed by atoms with Crippen LogP contribution in [0.3, 0.4) is 0 Å². The molecule has 5 nitrogen and oxygen atoms in total. The number of benzene rings is 2. The van der Waals surface area contributed by atoms with Crippen molar-refractivity contribution in [2.45, 2.75) is 19.5 Å². The summed E-state index contributed by atoms with van der Waals surface area (Å²) >= 11 is 0. The fourth-order valence-electron chi connectivity index (χ4n) is 3.18. The maximum absolute atomic E-state index is 13.4. The molecule has 6 heteroatoms. The fraction of sp³-hybridized carbons (Fsp3) is 0.364. The standard InChI is InChI=1S/C22H28FN5/c1-27(2)13-7-12-24-22-19-10-4-5-11-20(19)25-21(26-22)16-28(3)15-17-8-6-9-18(23)14-17/h4-6,8-11,14H,7,12-13,15-16H2,1-3H3,(H,24,25,26). The Morgan fingerprint density at radius 3 is 2.57 bits per heavy atom. The molecule has 148 valence electrons. The molecule has 3 aromatic rings. The van der Waals surface area contributed by atoms with Gasteiger partial charge in [-0.1, -0.05) is 24.3 Å². The van der Waals surface area contributed by atoms with Gasteiger partial charge in [-0.15, -0.1) is 0 Å². The molecular weight excluding hydrogens is 353 g/mol. The van der Waals surface area contributed by atoms with Gasteiger partial charge in [0.05, 0.1) is 12.1 Å². The van der Waals surface area contributed by atoms with E-state index in [-0.39, 0.29) is 5.82 Å². The molecule has 0 aliphatic carbocycles. The van der Waals surface area contributed by atoms with E-state index in [2.05, 4.69) is 29.2 Å². The number of hydrogen-bond acceptors (Lipinski definition) is 5. The SMILES string of the molecule is CN(C)CCCNc1nc(CN(C)Cc2cccc(F)c2)nc2ccccc12. The quantitative estimate of drug-likeness (QED) is 0.572. The summed E-state index contributed by atoms with van der Waals surface area (Å²) in [5, 5.41) is 4.50. The van der Waals surface area contributed by atoms with Crippen molar-refractivity contribution in [1.29, 1.82) is 0 Å². The monoisotopic (exact) mass is 381 g/mol. The summed E-state index contributed by atoms with van der Waals surface area (Å²) in [4.78, 5) is 13.7. The molecule has 0 spiro atoms. The number of fused-ring (bicyclic) bond motifs is 1. The summed E-state index contributed by atoms with van der Waals surface area (Å²) in [5.41, 5.74) is 1.87. The topological polar surface area (TPSA) is 44.3 Å². The molecule has 0 amide bonds. The van der Waals surface area contributed by atoms with Gasteiger partial charge in [0.1, 0.15) is 17.5 Å². The van der Waals surface area contributed by atoms with Gasteiger partial charge in [0, 0.05) is 18.5 Å². The van der Waals surface area contributed by atoms with Crippen LogP contribution < -0.4 is 5.32 Å². The van der Waals surface area contributed by atoms with E-state index >= 15 is 0 Å². The minimum Gasteiger partial charge on any atom is -0.369 e. The lowest BCUT2D eigenvalue weighted by Gasteiger charge is -2.17. The Kier molecular flexibility index (Phi) is 6.90. The molecule has 2 aromatic carbocycles. The van der Waals surface area contributed by atoms with Gasteiger partial charge >= 0.3 is 0 Å². The third-order valence-corrected chi connectivity index (χ3v) is 4.48. The first-order valence-corrected chi connectivity index (χ1v) is 9.58. The van der Waals surface area contributed by atoms with E-state index in [9.17, 15) is 4.39 Å². The predicted octanol–water partition coefficient (Wildman–Crippen LogP) is 3.76. The Morgan fingerprint density at radius 2 is 1.79 bits per heavy atom. The zero-order valence-electron chi connectivity index (χ0n) is 16.8. The van der Waals surface area contributed by atoms with Gasteiger partial charge in [-0.2, -0.15) is 0 Å². The molecule has 1 aromatic heterocycles. The van der Waals surface area contributed by atoms with Crippen LogP contribution in [0.15, 0.2) is 48.5 Å². The van der Waals surface area contributed by atoms with Crippen molar-refractivity contribution in [3.63, 3.8) is 0 Å². The molecule has 1 heterocycles. The van der Waals surface area contributed by atoms with Crippen molar-refractivity contribution in [2.75, 3.05) is 39.5 Å². The second-order valence-corrected chi connectivity index (χ2v) is 7.39. The minimum absolute atomic E-state index is 0.211. The van der Waals surface area contributed by atoms with Crippen LogP contribution in [0, 0.1) is 5.82 Å². The average Bonchev–Trinajstić information content (AvgIpc) is 2.65. The average molecular weight is 381 g/mol. The first-order chi connectivity index (χ1) is 13.5. The van der Waals surface area contributed by atoms with Crippen molar-refractivity contribution in [3.8, 4) is 0 Å². The summed E-state index contributed by atoms with van der Waals surface area (Å²) in [6.45, 7) is 3.12.